The van der Waals surface area contributed by atoms with Crippen LogP contribution < -0.4 is 5.32 Å². The van der Waals surface area contributed by atoms with Gasteiger partial charge in [0, 0.05) is 13.0 Å². The lowest BCUT2D eigenvalue weighted by Gasteiger charge is -2.26. The average Bonchev–Trinajstić information content (AvgIpc) is 3.06. The molecule has 0 aliphatic heterocycles. The minimum absolute atomic E-state index is 0.0491. The summed E-state index contributed by atoms with van der Waals surface area (Å²) in [5.41, 5.74) is 0.393. The van der Waals surface area contributed by atoms with E-state index in [2.05, 4.69) is 5.32 Å². The SMILES string of the molecule is O=C(O)CC1(CC(=O)NCC(O)c2ccsc2)CCCC1. The zero-order valence-electron chi connectivity index (χ0n) is 11.9. The summed E-state index contributed by atoms with van der Waals surface area (Å²) in [6.07, 6.45) is 3.12. The monoisotopic (exact) mass is 311 g/mol. The van der Waals surface area contributed by atoms with E-state index in [1.165, 1.54) is 11.3 Å². The van der Waals surface area contributed by atoms with Crippen molar-refractivity contribution in [2.24, 2.45) is 5.41 Å². The van der Waals surface area contributed by atoms with Gasteiger partial charge in [0.05, 0.1) is 12.5 Å². The first-order chi connectivity index (χ1) is 10.0. The molecule has 1 aromatic heterocycles. The highest BCUT2D eigenvalue weighted by Gasteiger charge is 2.37. The molecule has 1 amide bonds. The smallest absolute Gasteiger partial charge is 0.303 e. The fraction of sp³-hybridized carbons (Fsp3) is 0.600. The molecule has 3 N–H and O–H groups in total. The number of aliphatic hydroxyl groups is 1. The van der Waals surface area contributed by atoms with Gasteiger partial charge in [0.15, 0.2) is 0 Å². The van der Waals surface area contributed by atoms with Crippen molar-refractivity contribution in [1.82, 2.24) is 5.32 Å². The Morgan fingerprint density at radius 3 is 2.62 bits per heavy atom. The number of aliphatic carboxylic acids is 1. The Kier molecular flexibility index (Phi) is 5.36. The lowest BCUT2D eigenvalue weighted by molar-refractivity contribution is -0.140. The van der Waals surface area contributed by atoms with E-state index < -0.39 is 17.5 Å². The number of aliphatic hydroxyl groups excluding tert-OH is 1. The van der Waals surface area contributed by atoms with E-state index in [1.807, 2.05) is 16.8 Å². The highest BCUT2D eigenvalue weighted by molar-refractivity contribution is 7.07. The summed E-state index contributed by atoms with van der Waals surface area (Å²) in [7, 11) is 0. The summed E-state index contributed by atoms with van der Waals surface area (Å²) in [5.74, 6) is -1.02. The van der Waals surface area contributed by atoms with Gasteiger partial charge in [0.1, 0.15) is 0 Å². The molecule has 0 aromatic carbocycles. The van der Waals surface area contributed by atoms with Crippen LogP contribution in [0.2, 0.25) is 0 Å². The molecule has 1 heterocycles. The van der Waals surface area contributed by atoms with Crippen molar-refractivity contribution in [1.29, 1.82) is 0 Å². The molecule has 21 heavy (non-hydrogen) atoms. The highest BCUT2D eigenvalue weighted by atomic mass is 32.1. The topological polar surface area (TPSA) is 86.6 Å². The van der Waals surface area contributed by atoms with Crippen LogP contribution in [0.25, 0.3) is 0 Å². The Morgan fingerprint density at radius 1 is 1.33 bits per heavy atom. The largest absolute Gasteiger partial charge is 0.481 e. The molecule has 0 radical (unpaired) electrons. The van der Waals surface area contributed by atoms with Crippen LogP contribution >= 0.6 is 11.3 Å². The van der Waals surface area contributed by atoms with Crippen LogP contribution in [0, 0.1) is 5.41 Å². The molecule has 1 aliphatic rings. The number of thiophene rings is 1. The molecule has 6 heteroatoms. The second kappa shape index (κ2) is 7.04. The van der Waals surface area contributed by atoms with Crippen molar-refractivity contribution < 1.29 is 19.8 Å². The lowest BCUT2D eigenvalue weighted by atomic mass is 9.79. The Hall–Kier alpha value is -1.40. The van der Waals surface area contributed by atoms with Gasteiger partial charge in [-0.1, -0.05) is 12.8 Å². The molecular formula is C15H21NO4S. The number of nitrogens with one attached hydrogen (secondary N) is 1. The van der Waals surface area contributed by atoms with E-state index in [1.54, 1.807) is 0 Å². The van der Waals surface area contributed by atoms with Gasteiger partial charge in [-0.15, -0.1) is 0 Å². The number of rotatable bonds is 7. The first-order valence-electron chi connectivity index (χ1n) is 7.19. The number of carboxylic acid groups (broad SMARTS) is 1. The van der Waals surface area contributed by atoms with Gasteiger partial charge in [-0.05, 0) is 40.6 Å². The van der Waals surface area contributed by atoms with Gasteiger partial charge in [0.2, 0.25) is 5.91 Å². The maximum Gasteiger partial charge on any atom is 0.303 e. The molecule has 1 aliphatic carbocycles. The number of carboxylic acids is 1. The molecule has 2 rings (SSSR count). The molecule has 1 fully saturated rings. The zero-order valence-corrected chi connectivity index (χ0v) is 12.7. The number of carbonyl (C=O) groups excluding carboxylic acids is 1. The van der Waals surface area contributed by atoms with Gasteiger partial charge < -0.3 is 15.5 Å². The molecule has 0 saturated heterocycles. The third-order valence-electron chi connectivity index (χ3n) is 4.15. The summed E-state index contributed by atoms with van der Waals surface area (Å²) in [4.78, 5) is 23.0. The lowest BCUT2D eigenvalue weighted by Crippen LogP contribution is -2.34. The van der Waals surface area contributed by atoms with Crippen molar-refractivity contribution in [2.45, 2.75) is 44.6 Å². The van der Waals surface area contributed by atoms with E-state index in [-0.39, 0.29) is 25.3 Å². The van der Waals surface area contributed by atoms with Crippen molar-refractivity contribution in [3.63, 3.8) is 0 Å². The van der Waals surface area contributed by atoms with Gasteiger partial charge in [0.25, 0.3) is 0 Å². The third kappa shape index (κ3) is 4.54. The Balaban J connectivity index is 1.84. The Labute approximate surface area is 128 Å². The highest BCUT2D eigenvalue weighted by Crippen LogP contribution is 2.44. The van der Waals surface area contributed by atoms with Gasteiger partial charge in [-0.3, -0.25) is 9.59 Å². The van der Waals surface area contributed by atoms with Crippen LogP contribution in [0.5, 0.6) is 0 Å². The van der Waals surface area contributed by atoms with Crippen molar-refractivity contribution in [3.05, 3.63) is 22.4 Å². The van der Waals surface area contributed by atoms with Crippen molar-refractivity contribution >= 4 is 23.2 Å². The second-order valence-corrected chi connectivity index (χ2v) is 6.61. The minimum atomic E-state index is -0.844. The standard InChI is InChI=1S/C15H21NO4S/c17-12(11-3-6-21-10-11)9-16-13(18)7-15(8-14(19)20)4-1-2-5-15/h3,6,10,12,17H,1-2,4-5,7-9H2,(H,16,18)(H,19,20). The van der Waals surface area contributed by atoms with E-state index >= 15 is 0 Å². The minimum Gasteiger partial charge on any atom is -0.481 e. The number of hydrogen-bond donors (Lipinski definition) is 3. The first kappa shape index (κ1) is 16.0. The van der Waals surface area contributed by atoms with E-state index in [0.717, 1.165) is 31.2 Å². The maximum absolute atomic E-state index is 12.0. The summed E-state index contributed by atoms with van der Waals surface area (Å²) >= 11 is 1.50. The zero-order chi connectivity index (χ0) is 15.3. The van der Waals surface area contributed by atoms with Gasteiger partial charge in [-0.25, -0.2) is 0 Å². The summed E-state index contributed by atoms with van der Waals surface area (Å²) in [6, 6.07) is 1.82. The maximum atomic E-state index is 12.0. The van der Waals surface area contributed by atoms with Crippen LogP contribution in [0.3, 0.4) is 0 Å². The Bertz CT molecular complexity index is 480. The number of hydrogen-bond acceptors (Lipinski definition) is 4. The predicted molar refractivity (Wildman–Crippen MR) is 80.1 cm³/mol. The first-order valence-corrected chi connectivity index (χ1v) is 8.14. The molecule has 5 nitrogen and oxygen atoms in total. The molecule has 116 valence electrons. The quantitative estimate of drug-likeness (QED) is 0.721. The van der Waals surface area contributed by atoms with E-state index in [0.29, 0.717) is 0 Å². The molecular weight excluding hydrogens is 290 g/mol. The van der Waals surface area contributed by atoms with Crippen LogP contribution in [0.15, 0.2) is 16.8 Å². The Morgan fingerprint density at radius 2 is 2.05 bits per heavy atom. The molecule has 1 aromatic rings. The number of amides is 1. The van der Waals surface area contributed by atoms with E-state index in [9.17, 15) is 14.7 Å². The molecule has 1 saturated carbocycles. The fourth-order valence-corrected chi connectivity index (χ4v) is 3.76. The predicted octanol–water partition coefficient (Wildman–Crippen LogP) is 2.32. The molecule has 0 bridgehead atoms. The summed E-state index contributed by atoms with van der Waals surface area (Å²) in [6.45, 7) is 0.165. The van der Waals surface area contributed by atoms with Crippen molar-refractivity contribution in [3.8, 4) is 0 Å². The van der Waals surface area contributed by atoms with Gasteiger partial charge in [-0.2, -0.15) is 11.3 Å². The van der Waals surface area contributed by atoms with E-state index in [4.69, 9.17) is 5.11 Å². The molecule has 1 unspecified atom stereocenters. The van der Waals surface area contributed by atoms with Crippen molar-refractivity contribution in [2.75, 3.05) is 6.54 Å². The summed E-state index contributed by atoms with van der Waals surface area (Å²) in [5, 5.41) is 25.4. The molecule has 1 atom stereocenters. The normalized spacial score (nSPS) is 18.3. The average molecular weight is 311 g/mol. The third-order valence-corrected chi connectivity index (χ3v) is 4.85. The molecule has 0 spiro atoms. The summed E-state index contributed by atoms with van der Waals surface area (Å²) < 4.78 is 0. The van der Waals surface area contributed by atoms with Crippen LogP contribution in [0.4, 0.5) is 0 Å². The number of carbonyl (C=O) groups is 2. The second-order valence-electron chi connectivity index (χ2n) is 5.83. The van der Waals surface area contributed by atoms with Gasteiger partial charge >= 0.3 is 5.97 Å². The van der Waals surface area contributed by atoms with Crippen LogP contribution in [-0.4, -0.2) is 28.6 Å². The fourth-order valence-electron chi connectivity index (χ4n) is 3.06. The van der Waals surface area contributed by atoms with Crippen LogP contribution in [-0.2, 0) is 9.59 Å². The van der Waals surface area contributed by atoms with Crippen LogP contribution in [0.1, 0.15) is 50.2 Å².